The molecule has 186 valence electrons. The fraction of sp³-hybridized carbons (Fsp3) is 0.226. The summed E-state index contributed by atoms with van der Waals surface area (Å²) in [5, 5.41) is 2.10. The molecule has 0 bridgehead atoms. The first kappa shape index (κ1) is 26.8. The quantitative estimate of drug-likeness (QED) is 0.355. The second kappa shape index (κ2) is 13.3. The van der Waals surface area contributed by atoms with E-state index in [1.807, 2.05) is 61.5 Å². The lowest BCUT2D eigenvalue weighted by Crippen LogP contribution is -2.47. The van der Waals surface area contributed by atoms with Gasteiger partial charge in [-0.05, 0) is 53.8 Å². The third-order valence-corrected chi connectivity index (χ3v) is 6.15. The zero-order valence-corrected chi connectivity index (χ0v) is 21.0. The van der Waals surface area contributed by atoms with Gasteiger partial charge in [0.15, 0.2) is 0 Å². The maximum absolute atomic E-state index is 12.7. The predicted molar refractivity (Wildman–Crippen MR) is 148 cm³/mol. The number of amides is 2. The standard InChI is InChI=1S/C19H25N3O2.C12H10/c1-13(16-10-5-8-15-7-3-4-9-17(15)16)22(14(2)23)19(24)18(21)11-6-12-20;1-3-7-11(8-4-1)12-9-5-2-6-10-12/h3-5,7-10,13,18H,6,11-12,20-21H2,1-2H3;1-10H. The van der Waals surface area contributed by atoms with Crippen LogP contribution >= 0.6 is 0 Å². The molecule has 0 saturated heterocycles. The van der Waals surface area contributed by atoms with Crippen molar-refractivity contribution in [1.82, 2.24) is 4.90 Å². The predicted octanol–water partition coefficient (Wildman–Crippen LogP) is 5.70. The van der Waals surface area contributed by atoms with Gasteiger partial charge in [0.05, 0.1) is 12.1 Å². The molecule has 2 amide bonds. The third-order valence-electron chi connectivity index (χ3n) is 6.15. The van der Waals surface area contributed by atoms with Crippen LogP contribution in [-0.2, 0) is 9.59 Å². The van der Waals surface area contributed by atoms with Crippen LogP contribution in [0.25, 0.3) is 21.9 Å². The molecule has 4 aromatic rings. The van der Waals surface area contributed by atoms with E-state index in [1.165, 1.54) is 23.0 Å². The number of fused-ring (bicyclic) bond motifs is 1. The molecule has 0 saturated carbocycles. The SMILES string of the molecule is CC(=O)N(C(=O)C(N)CCCN)C(C)c1cccc2ccccc12.c1ccc(-c2ccccc2)cc1. The highest BCUT2D eigenvalue weighted by Gasteiger charge is 2.29. The molecular weight excluding hydrogens is 446 g/mol. The number of imide groups is 1. The molecule has 36 heavy (non-hydrogen) atoms. The van der Waals surface area contributed by atoms with E-state index in [0.29, 0.717) is 19.4 Å². The number of nitrogens with zero attached hydrogens (tertiary/aromatic N) is 1. The molecule has 0 spiro atoms. The van der Waals surface area contributed by atoms with Crippen LogP contribution in [0.3, 0.4) is 0 Å². The number of hydrogen-bond acceptors (Lipinski definition) is 4. The van der Waals surface area contributed by atoms with Crippen LogP contribution in [-0.4, -0.2) is 29.3 Å². The second-order valence-electron chi connectivity index (χ2n) is 8.74. The minimum absolute atomic E-state index is 0.302. The Morgan fingerprint density at radius 3 is 1.86 bits per heavy atom. The monoisotopic (exact) mass is 481 g/mol. The number of carbonyl (C=O) groups is 2. The molecule has 4 N–H and O–H groups in total. The molecule has 2 atom stereocenters. The molecule has 4 aromatic carbocycles. The minimum Gasteiger partial charge on any atom is -0.330 e. The van der Waals surface area contributed by atoms with E-state index in [1.54, 1.807) is 0 Å². The van der Waals surface area contributed by atoms with E-state index in [-0.39, 0.29) is 17.9 Å². The summed E-state index contributed by atoms with van der Waals surface area (Å²) in [6.45, 7) is 3.73. The molecule has 0 fully saturated rings. The van der Waals surface area contributed by atoms with Crippen molar-refractivity contribution >= 4 is 22.6 Å². The molecular formula is C31H35N3O2. The Bertz CT molecular complexity index is 1220. The first-order valence-electron chi connectivity index (χ1n) is 12.3. The van der Waals surface area contributed by atoms with Gasteiger partial charge in [0.2, 0.25) is 11.8 Å². The summed E-state index contributed by atoms with van der Waals surface area (Å²) >= 11 is 0. The number of carbonyl (C=O) groups excluding carboxylic acids is 2. The van der Waals surface area contributed by atoms with Crippen molar-refractivity contribution in [3.05, 3.63) is 109 Å². The topological polar surface area (TPSA) is 89.4 Å². The van der Waals surface area contributed by atoms with E-state index >= 15 is 0 Å². The van der Waals surface area contributed by atoms with Gasteiger partial charge < -0.3 is 11.5 Å². The maximum atomic E-state index is 12.7. The second-order valence-corrected chi connectivity index (χ2v) is 8.74. The van der Waals surface area contributed by atoms with Crippen LogP contribution in [0, 0.1) is 0 Å². The van der Waals surface area contributed by atoms with Crippen molar-refractivity contribution in [2.75, 3.05) is 6.54 Å². The molecule has 2 unspecified atom stereocenters. The Balaban J connectivity index is 0.000000249. The van der Waals surface area contributed by atoms with Gasteiger partial charge in [0.1, 0.15) is 0 Å². The van der Waals surface area contributed by atoms with Gasteiger partial charge in [-0.2, -0.15) is 0 Å². The lowest BCUT2D eigenvalue weighted by atomic mass is 9.98. The van der Waals surface area contributed by atoms with Crippen LogP contribution < -0.4 is 11.5 Å². The average Bonchev–Trinajstić information content (AvgIpc) is 2.92. The number of hydrogen-bond donors (Lipinski definition) is 2. The number of nitrogens with two attached hydrogens (primary N) is 2. The van der Waals surface area contributed by atoms with E-state index < -0.39 is 6.04 Å². The Morgan fingerprint density at radius 2 is 1.31 bits per heavy atom. The van der Waals surface area contributed by atoms with Crippen molar-refractivity contribution in [1.29, 1.82) is 0 Å². The molecule has 0 heterocycles. The Labute approximate surface area is 213 Å². The largest absolute Gasteiger partial charge is 0.330 e. The fourth-order valence-corrected chi connectivity index (χ4v) is 4.27. The zero-order chi connectivity index (χ0) is 25.9. The van der Waals surface area contributed by atoms with E-state index in [9.17, 15) is 9.59 Å². The summed E-state index contributed by atoms with van der Waals surface area (Å²) in [6, 6.07) is 33.5. The van der Waals surface area contributed by atoms with E-state index in [4.69, 9.17) is 11.5 Å². The third kappa shape index (κ3) is 6.87. The van der Waals surface area contributed by atoms with E-state index in [0.717, 1.165) is 16.3 Å². The molecule has 5 nitrogen and oxygen atoms in total. The van der Waals surface area contributed by atoms with Crippen LogP contribution in [0.2, 0.25) is 0 Å². The molecule has 0 aliphatic heterocycles. The van der Waals surface area contributed by atoms with Crippen molar-refractivity contribution < 1.29 is 9.59 Å². The summed E-state index contributed by atoms with van der Waals surface area (Å²) in [6.07, 6.45) is 1.13. The number of benzene rings is 4. The molecule has 0 radical (unpaired) electrons. The summed E-state index contributed by atoms with van der Waals surface area (Å²) in [5.41, 5.74) is 14.9. The van der Waals surface area contributed by atoms with Crippen LogP contribution in [0.15, 0.2) is 103 Å². The van der Waals surface area contributed by atoms with Crippen molar-refractivity contribution in [2.45, 2.75) is 38.8 Å². The van der Waals surface area contributed by atoms with Gasteiger partial charge in [0.25, 0.3) is 0 Å². The Kier molecular flexibility index (Phi) is 9.92. The summed E-state index contributed by atoms with van der Waals surface area (Å²) in [5.74, 6) is -0.653. The van der Waals surface area contributed by atoms with Gasteiger partial charge in [-0.25, -0.2) is 0 Å². The molecule has 0 aliphatic rings. The van der Waals surface area contributed by atoms with Gasteiger partial charge in [-0.1, -0.05) is 103 Å². The summed E-state index contributed by atoms with van der Waals surface area (Å²) in [7, 11) is 0. The van der Waals surface area contributed by atoms with Crippen LogP contribution in [0.4, 0.5) is 0 Å². The van der Waals surface area contributed by atoms with E-state index in [2.05, 4.69) is 48.5 Å². The van der Waals surface area contributed by atoms with Crippen LogP contribution in [0.1, 0.15) is 38.3 Å². The molecule has 4 rings (SSSR count). The normalized spacial score (nSPS) is 12.2. The Morgan fingerprint density at radius 1 is 0.778 bits per heavy atom. The van der Waals surface area contributed by atoms with Crippen molar-refractivity contribution in [2.24, 2.45) is 11.5 Å². The smallest absolute Gasteiger partial charge is 0.246 e. The number of rotatable bonds is 7. The Hall–Kier alpha value is -3.80. The highest BCUT2D eigenvalue weighted by Crippen LogP contribution is 2.29. The highest BCUT2D eigenvalue weighted by atomic mass is 16.2. The molecule has 5 heteroatoms. The zero-order valence-electron chi connectivity index (χ0n) is 21.0. The van der Waals surface area contributed by atoms with Gasteiger partial charge >= 0.3 is 0 Å². The van der Waals surface area contributed by atoms with Gasteiger partial charge in [0, 0.05) is 6.92 Å². The van der Waals surface area contributed by atoms with Crippen LogP contribution in [0.5, 0.6) is 0 Å². The molecule has 0 aliphatic carbocycles. The van der Waals surface area contributed by atoms with Crippen molar-refractivity contribution in [3.8, 4) is 11.1 Å². The fourth-order valence-electron chi connectivity index (χ4n) is 4.27. The lowest BCUT2D eigenvalue weighted by Gasteiger charge is -2.29. The average molecular weight is 482 g/mol. The van der Waals surface area contributed by atoms with Gasteiger partial charge in [-0.3, -0.25) is 14.5 Å². The summed E-state index contributed by atoms with van der Waals surface area (Å²) in [4.78, 5) is 26.1. The highest BCUT2D eigenvalue weighted by molar-refractivity contribution is 5.98. The van der Waals surface area contributed by atoms with Gasteiger partial charge in [-0.15, -0.1) is 0 Å². The summed E-state index contributed by atoms with van der Waals surface area (Å²) < 4.78 is 0. The maximum Gasteiger partial charge on any atom is 0.246 e. The first-order valence-corrected chi connectivity index (χ1v) is 12.3. The first-order chi connectivity index (χ1) is 17.4. The lowest BCUT2D eigenvalue weighted by molar-refractivity contribution is -0.147. The molecule has 0 aromatic heterocycles. The minimum atomic E-state index is -0.713. The van der Waals surface area contributed by atoms with Crippen molar-refractivity contribution in [3.63, 3.8) is 0 Å².